The highest BCUT2D eigenvalue weighted by molar-refractivity contribution is 5.95. The molecule has 5 N–H and O–H groups in total. The van der Waals surface area contributed by atoms with Crippen molar-refractivity contribution >= 4 is 11.9 Å². The third-order valence-corrected chi connectivity index (χ3v) is 2.64. The Labute approximate surface area is 112 Å². The molecule has 0 saturated heterocycles. The molecule has 104 valence electrons. The molecule has 0 heterocycles. The fourth-order valence-corrected chi connectivity index (χ4v) is 1.56. The van der Waals surface area contributed by atoms with Crippen molar-refractivity contribution in [1.29, 1.82) is 0 Å². The molecule has 3 amide bonds. The largest absolute Gasteiger partial charge is 0.481 e. The molecule has 1 unspecified atom stereocenters. The zero-order chi connectivity index (χ0) is 14.6. The summed E-state index contributed by atoms with van der Waals surface area (Å²) in [5, 5.41) is 1.97. The van der Waals surface area contributed by atoms with Crippen LogP contribution in [0, 0.1) is 6.92 Å². The predicted octanol–water partition coefficient (Wildman–Crippen LogP) is 0.977. The molecular formula is C13H19N3O3. The summed E-state index contributed by atoms with van der Waals surface area (Å²) < 4.78 is 5.48. The van der Waals surface area contributed by atoms with Gasteiger partial charge in [0.2, 0.25) is 0 Å². The first-order chi connectivity index (χ1) is 8.81. The van der Waals surface area contributed by atoms with Crippen LogP contribution in [0.3, 0.4) is 0 Å². The molecule has 1 aromatic carbocycles. The van der Waals surface area contributed by atoms with Gasteiger partial charge in [0.05, 0.1) is 0 Å². The predicted molar refractivity (Wildman–Crippen MR) is 71.6 cm³/mol. The van der Waals surface area contributed by atoms with Gasteiger partial charge in [0.1, 0.15) is 5.75 Å². The van der Waals surface area contributed by atoms with Crippen LogP contribution in [0.1, 0.15) is 31.0 Å². The van der Waals surface area contributed by atoms with Crippen LogP contribution in [0.2, 0.25) is 0 Å². The minimum atomic E-state index is -0.899. The number of carbonyl (C=O) groups excluding carboxylic acids is 2. The molecule has 0 aliphatic heterocycles. The topological polar surface area (TPSA) is 107 Å². The van der Waals surface area contributed by atoms with Gasteiger partial charge in [-0.15, -0.1) is 0 Å². The Morgan fingerprint density at radius 2 is 1.95 bits per heavy atom. The normalized spacial score (nSPS) is 13.5. The second kappa shape index (κ2) is 6.19. The molecule has 0 aromatic heterocycles. The third kappa shape index (κ3) is 4.26. The highest BCUT2D eigenvalue weighted by Gasteiger charge is 2.17. The van der Waals surface area contributed by atoms with Gasteiger partial charge in [-0.25, -0.2) is 4.79 Å². The zero-order valence-electron chi connectivity index (χ0n) is 11.3. The van der Waals surface area contributed by atoms with Gasteiger partial charge in [0.25, 0.3) is 5.91 Å². The summed E-state index contributed by atoms with van der Waals surface area (Å²) in [6, 6.07) is 4.53. The lowest BCUT2D eigenvalue weighted by Gasteiger charge is -2.16. The van der Waals surface area contributed by atoms with Gasteiger partial charge in [-0.05, 0) is 38.0 Å². The SMILES string of the molecule is Cc1cc([C@H](C)N)ccc1OC(C)C(=O)NC(N)=O. The lowest BCUT2D eigenvalue weighted by Crippen LogP contribution is -2.42. The number of imide groups is 1. The van der Waals surface area contributed by atoms with E-state index >= 15 is 0 Å². The van der Waals surface area contributed by atoms with Crippen molar-refractivity contribution in [3.05, 3.63) is 29.3 Å². The van der Waals surface area contributed by atoms with Crippen molar-refractivity contribution in [2.24, 2.45) is 11.5 Å². The molecule has 1 rings (SSSR count). The first-order valence-electron chi connectivity index (χ1n) is 5.94. The Hall–Kier alpha value is -2.08. The molecule has 0 aliphatic carbocycles. The van der Waals surface area contributed by atoms with Crippen molar-refractivity contribution in [2.45, 2.75) is 32.9 Å². The molecule has 0 saturated carbocycles. The Kier molecular flexibility index (Phi) is 4.88. The van der Waals surface area contributed by atoms with E-state index in [0.29, 0.717) is 5.75 Å². The lowest BCUT2D eigenvalue weighted by atomic mass is 10.1. The Bertz CT molecular complexity index is 486. The monoisotopic (exact) mass is 265 g/mol. The van der Waals surface area contributed by atoms with Crippen LogP contribution < -0.4 is 21.5 Å². The van der Waals surface area contributed by atoms with E-state index in [-0.39, 0.29) is 6.04 Å². The van der Waals surface area contributed by atoms with Gasteiger partial charge in [-0.1, -0.05) is 12.1 Å². The number of amides is 3. The molecule has 0 aliphatic rings. The number of aryl methyl sites for hydroxylation is 1. The van der Waals surface area contributed by atoms with E-state index < -0.39 is 18.0 Å². The van der Waals surface area contributed by atoms with Crippen molar-refractivity contribution in [2.75, 3.05) is 0 Å². The van der Waals surface area contributed by atoms with Crippen LogP contribution in [-0.4, -0.2) is 18.0 Å². The van der Waals surface area contributed by atoms with Crippen molar-refractivity contribution < 1.29 is 14.3 Å². The van der Waals surface area contributed by atoms with Crippen LogP contribution in [0.25, 0.3) is 0 Å². The second-order valence-electron chi connectivity index (χ2n) is 4.43. The molecule has 6 nitrogen and oxygen atoms in total. The third-order valence-electron chi connectivity index (χ3n) is 2.64. The summed E-state index contributed by atoms with van der Waals surface area (Å²) >= 11 is 0. The van der Waals surface area contributed by atoms with Crippen molar-refractivity contribution in [3.8, 4) is 5.75 Å². The molecule has 0 bridgehead atoms. The van der Waals surface area contributed by atoms with E-state index in [4.69, 9.17) is 16.2 Å². The average Bonchev–Trinajstić information content (AvgIpc) is 2.30. The molecule has 2 atom stereocenters. The first-order valence-corrected chi connectivity index (χ1v) is 5.94. The summed E-state index contributed by atoms with van der Waals surface area (Å²) in [6.07, 6.45) is -0.813. The second-order valence-corrected chi connectivity index (χ2v) is 4.43. The highest BCUT2D eigenvalue weighted by atomic mass is 16.5. The minimum absolute atomic E-state index is 0.0664. The van der Waals surface area contributed by atoms with E-state index in [0.717, 1.165) is 11.1 Å². The maximum atomic E-state index is 11.5. The maximum absolute atomic E-state index is 11.5. The Morgan fingerprint density at radius 1 is 1.32 bits per heavy atom. The highest BCUT2D eigenvalue weighted by Crippen LogP contribution is 2.22. The molecule has 19 heavy (non-hydrogen) atoms. The Morgan fingerprint density at radius 3 is 2.42 bits per heavy atom. The van der Waals surface area contributed by atoms with Crippen LogP contribution in [0.15, 0.2) is 18.2 Å². The summed E-state index contributed by atoms with van der Waals surface area (Å²) in [4.78, 5) is 22.1. The number of urea groups is 1. The number of rotatable bonds is 4. The van der Waals surface area contributed by atoms with E-state index in [1.165, 1.54) is 6.92 Å². The number of nitrogens with two attached hydrogens (primary N) is 2. The summed E-state index contributed by atoms with van der Waals surface area (Å²) in [7, 11) is 0. The van der Waals surface area contributed by atoms with Crippen molar-refractivity contribution in [3.63, 3.8) is 0 Å². The quantitative estimate of drug-likeness (QED) is 0.754. The first kappa shape index (κ1) is 15.0. The van der Waals surface area contributed by atoms with E-state index in [1.807, 2.05) is 31.3 Å². The molecule has 0 fully saturated rings. The number of hydrogen-bond acceptors (Lipinski definition) is 4. The van der Waals surface area contributed by atoms with Crippen LogP contribution in [0.4, 0.5) is 4.79 Å². The maximum Gasteiger partial charge on any atom is 0.318 e. The van der Waals surface area contributed by atoms with E-state index in [1.54, 1.807) is 6.07 Å². The molecule has 0 spiro atoms. The molecule has 0 radical (unpaired) electrons. The number of carbonyl (C=O) groups is 2. The van der Waals surface area contributed by atoms with E-state index in [9.17, 15) is 9.59 Å². The van der Waals surface area contributed by atoms with Gasteiger partial charge in [-0.2, -0.15) is 0 Å². The summed E-state index contributed by atoms with van der Waals surface area (Å²) in [5.74, 6) is -0.0142. The van der Waals surface area contributed by atoms with Gasteiger partial charge in [-0.3, -0.25) is 10.1 Å². The van der Waals surface area contributed by atoms with Gasteiger partial charge in [0, 0.05) is 6.04 Å². The molecule has 6 heteroatoms. The lowest BCUT2D eigenvalue weighted by molar-refractivity contribution is -0.126. The fourth-order valence-electron chi connectivity index (χ4n) is 1.56. The smallest absolute Gasteiger partial charge is 0.318 e. The number of nitrogens with one attached hydrogen (secondary N) is 1. The van der Waals surface area contributed by atoms with Gasteiger partial charge < -0.3 is 16.2 Å². The number of primary amides is 1. The average molecular weight is 265 g/mol. The summed E-state index contributed by atoms with van der Waals surface area (Å²) in [5.41, 5.74) is 12.5. The number of ether oxygens (including phenoxy) is 1. The standard InChI is InChI=1S/C13H19N3O3/c1-7-6-10(8(2)14)4-5-11(7)19-9(3)12(17)16-13(15)18/h4-6,8-9H,14H2,1-3H3,(H3,15,16,17,18)/t8-,9?/m0/s1. The van der Waals surface area contributed by atoms with Crippen molar-refractivity contribution in [1.82, 2.24) is 5.32 Å². The fraction of sp³-hybridized carbons (Fsp3) is 0.385. The van der Waals surface area contributed by atoms with Gasteiger partial charge in [0.15, 0.2) is 6.10 Å². The van der Waals surface area contributed by atoms with E-state index in [2.05, 4.69) is 0 Å². The number of hydrogen-bond donors (Lipinski definition) is 3. The van der Waals surface area contributed by atoms with Crippen LogP contribution in [0.5, 0.6) is 5.75 Å². The zero-order valence-corrected chi connectivity index (χ0v) is 11.3. The number of benzene rings is 1. The van der Waals surface area contributed by atoms with Gasteiger partial charge >= 0.3 is 6.03 Å². The van der Waals surface area contributed by atoms with Crippen LogP contribution >= 0.6 is 0 Å². The minimum Gasteiger partial charge on any atom is -0.481 e. The van der Waals surface area contributed by atoms with Crippen LogP contribution in [-0.2, 0) is 4.79 Å². The molecular weight excluding hydrogens is 246 g/mol. The molecule has 1 aromatic rings. The summed E-state index contributed by atoms with van der Waals surface area (Å²) in [6.45, 7) is 5.29. The Balaban J connectivity index is 2.77.